The molecule has 0 unspecified atom stereocenters. The van der Waals surface area contributed by atoms with Crippen LogP contribution in [0.3, 0.4) is 0 Å². The van der Waals surface area contributed by atoms with E-state index in [1.807, 2.05) is 36.4 Å². The minimum Gasteiger partial charge on any atom is -0.462 e. The first-order valence-electron chi connectivity index (χ1n) is 15.0. The van der Waals surface area contributed by atoms with Crippen LogP contribution in [0, 0.1) is 0 Å². The molecule has 0 heterocycles. The largest absolute Gasteiger partial charge is 0.462 e. The number of unbranched alkanes of at least 4 members (excludes halogenated alkanes) is 6. The summed E-state index contributed by atoms with van der Waals surface area (Å²) in [6.45, 7) is 7.80. The second-order valence-electron chi connectivity index (χ2n) is 10.5. The molecule has 3 aromatic carbocycles. The summed E-state index contributed by atoms with van der Waals surface area (Å²) >= 11 is 1.67. The molecule has 0 saturated heterocycles. The summed E-state index contributed by atoms with van der Waals surface area (Å²) in [6.07, 6.45) is 10.3. The molecule has 0 amide bonds. The van der Waals surface area contributed by atoms with Crippen LogP contribution in [0.15, 0.2) is 89.8 Å². The number of esters is 3. The predicted molar refractivity (Wildman–Crippen MR) is 172 cm³/mol. The third-order valence-electron chi connectivity index (χ3n) is 6.73. The Bertz CT molecular complexity index is 1310. The Balaban J connectivity index is 1.38. The van der Waals surface area contributed by atoms with Crippen LogP contribution in [0.4, 0.5) is 0 Å². The van der Waals surface area contributed by atoms with Gasteiger partial charge in [-0.25, -0.2) is 14.4 Å². The molecule has 6 nitrogen and oxygen atoms in total. The lowest BCUT2D eigenvalue weighted by atomic mass is 10.0. The van der Waals surface area contributed by atoms with E-state index in [9.17, 15) is 14.4 Å². The highest BCUT2D eigenvalue weighted by atomic mass is 32.2. The topological polar surface area (TPSA) is 78.9 Å². The van der Waals surface area contributed by atoms with Gasteiger partial charge in [0.05, 0.1) is 17.7 Å². The number of ether oxygens (including phenoxy) is 3. The number of carbonyl (C=O) groups is 3. The Labute approximate surface area is 259 Å². The van der Waals surface area contributed by atoms with Crippen LogP contribution >= 0.6 is 11.8 Å². The molecule has 0 bridgehead atoms. The zero-order valence-electron chi connectivity index (χ0n) is 25.3. The van der Waals surface area contributed by atoms with Gasteiger partial charge in [-0.3, -0.25) is 0 Å². The minimum atomic E-state index is -0.479. The first-order chi connectivity index (χ1) is 20.9. The molecule has 0 N–H and O–H groups in total. The molecule has 0 saturated carbocycles. The summed E-state index contributed by atoms with van der Waals surface area (Å²) in [7, 11) is 0. The minimum absolute atomic E-state index is 0.339. The lowest BCUT2D eigenvalue weighted by Crippen LogP contribution is -2.10. The van der Waals surface area contributed by atoms with Gasteiger partial charge in [0, 0.05) is 10.5 Å². The quantitative estimate of drug-likeness (QED) is 0.0472. The molecule has 3 aromatic rings. The lowest BCUT2D eigenvalue weighted by Gasteiger charge is -2.08. The van der Waals surface area contributed by atoms with Gasteiger partial charge in [-0.2, -0.15) is 0 Å². The summed E-state index contributed by atoms with van der Waals surface area (Å²) in [6, 6.07) is 21.2. The standard InChI is InChI=1S/C36H42O6S/c1-4-5-6-7-8-9-12-28-13-19-31(20-14-28)41-35(38)29-15-21-32(22-16-29)42-36(39)30-17-23-33(24-18-30)43-26-11-10-25-40-34(37)27(2)3/h13-24H,2,4-12,25-26H2,1,3H3. The molecule has 0 spiro atoms. The Morgan fingerprint density at radius 1 is 0.674 bits per heavy atom. The first kappa shape index (κ1) is 33.7. The van der Waals surface area contributed by atoms with E-state index in [-0.39, 0.29) is 5.97 Å². The third kappa shape index (κ3) is 12.5. The second-order valence-corrected chi connectivity index (χ2v) is 11.6. The van der Waals surface area contributed by atoms with E-state index in [1.54, 1.807) is 55.1 Å². The van der Waals surface area contributed by atoms with Crippen molar-refractivity contribution in [2.45, 2.75) is 76.5 Å². The number of hydrogen-bond acceptors (Lipinski definition) is 7. The molecular weight excluding hydrogens is 560 g/mol. The summed E-state index contributed by atoms with van der Waals surface area (Å²) in [5, 5.41) is 0. The van der Waals surface area contributed by atoms with E-state index in [0.29, 0.717) is 34.8 Å². The molecule has 0 atom stereocenters. The van der Waals surface area contributed by atoms with Crippen LogP contribution in [0.1, 0.15) is 91.5 Å². The van der Waals surface area contributed by atoms with Gasteiger partial charge >= 0.3 is 17.9 Å². The van der Waals surface area contributed by atoms with Crippen molar-refractivity contribution in [2.24, 2.45) is 0 Å². The number of aryl methyl sites for hydroxylation is 1. The SMILES string of the molecule is C=C(C)C(=O)OCCCCSc1ccc(C(=O)Oc2ccc(C(=O)Oc3ccc(CCCCCCCC)cc3)cc2)cc1. The van der Waals surface area contributed by atoms with Crippen molar-refractivity contribution in [1.29, 1.82) is 0 Å². The maximum atomic E-state index is 12.6. The first-order valence-corrected chi connectivity index (χ1v) is 16.0. The van der Waals surface area contributed by atoms with Crippen LogP contribution in [0.5, 0.6) is 11.5 Å². The fraction of sp³-hybridized carbons (Fsp3) is 0.361. The average molecular weight is 603 g/mol. The Morgan fingerprint density at radius 2 is 1.21 bits per heavy atom. The molecule has 0 aliphatic rings. The molecule has 0 aliphatic heterocycles. The van der Waals surface area contributed by atoms with Crippen molar-refractivity contribution >= 4 is 29.7 Å². The maximum Gasteiger partial charge on any atom is 0.343 e. The highest BCUT2D eigenvalue weighted by molar-refractivity contribution is 7.99. The van der Waals surface area contributed by atoms with Crippen molar-refractivity contribution in [1.82, 2.24) is 0 Å². The monoisotopic (exact) mass is 602 g/mol. The van der Waals surface area contributed by atoms with Crippen molar-refractivity contribution in [2.75, 3.05) is 12.4 Å². The smallest absolute Gasteiger partial charge is 0.343 e. The Kier molecular flexibility index (Phi) is 14.6. The number of benzene rings is 3. The fourth-order valence-corrected chi connectivity index (χ4v) is 5.11. The Hall–Kier alpha value is -3.84. The molecule has 0 fully saturated rings. The summed E-state index contributed by atoms with van der Waals surface area (Å²) in [5.41, 5.74) is 2.44. The highest BCUT2D eigenvalue weighted by Gasteiger charge is 2.12. The van der Waals surface area contributed by atoms with Crippen LogP contribution in [-0.4, -0.2) is 30.3 Å². The zero-order valence-corrected chi connectivity index (χ0v) is 26.1. The van der Waals surface area contributed by atoms with Gasteiger partial charge in [-0.15, -0.1) is 11.8 Å². The molecular formula is C36H42O6S. The van der Waals surface area contributed by atoms with Crippen LogP contribution in [0.2, 0.25) is 0 Å². The lowest BCUT2D eigenvalue weighted by molar-refractivity contribution is -0.139. The fourth-order valence-electron chi connectivity index (χ4n) is 4.19. The molecule has 0 aromatic heterocycles. The van der Waals surface area contributed by atoms with E-state index in [2.05, 4.69) is 13.5 Å². The number of rotatable bonds is 18. The molecule has 0 radical (unpaired) electrons. The van der Waals surface area contributed by atoms with E-state index >= 15 is 0 Å². The maximum absolute atomic E-state index is 12.6. The average Bonchev–Trinajstić information content (AvgIpc) is 3.01. The van der Waals surface area contributed by atoms with Gasteiger partial charge in [0.25, 0.3) is 0 Å². The van der Waals surface area contributed by atoms with E-state index < -0.39 is 11.9 Å². The van der Waals surface area contributed by atoms with Crippen LogP contribution in [0.25, 0.3) is 0 Å². The van der Waals surface area contributed by atoms with Crippen LogP contribution < -0.4 is 9.47 Å². The molecule has 7 heteroatoms. The van der Waals surface area contributed by atoms with Gasteiger partial charge in [-0.1, -0.05) is 57.7 Å². The number of hydrogen-bond donors (Lipinski definition) is 0. The van der Waals surface area contributed by atoms with E-state index in [1.165, 1.54) is 44.1 Å². The van der Waals surface area contributed by atoms with Gasteiger partial charge in [0.1, 0.15) is 11.5 Å². The highest BCUT2D eigenvalue weighted by Crippen LogP contribution is 2.22. The summed E-state index contributed by atoms with van der Waals surface area (Å²) in [5.74, 6) is 0.399. The number of thioether (sulfide) groups is 1. The Morgan fingerprint density at radius 3 is 1.79 bits per heavy atom. The van der Waals surface area contributed by atoms with Crippen molar-refractivity contribution < 1.29 is 28.6 Å². The van der Waals surface area contributed by atoms with Gasteiger partial charge in [0.2, 0.25) is 0 Å². The normalized spacial score (nSPS) is 10.7. The van der Waals surface area contributed by atoms with Gasteiger partial charge in [0.15, 0.2) is 0 Å². The van der Waals surface area contributed by atoms with E-state index in [0.717, 1.165) is 29.9 Å². The van der Waals surface area contributed by atoms with E-state index in [4.69, 9.17) is 14.2 Å². The zero-order chi connectivity index (χ0) is 30.9. The van der Waals surface area contributed by atoms with Gasteiger partial charge < -0.3 is 14.2 Å². The molecule has 43 heavy (non-hydrogen) atoms. The molecule has 0 aliphatic carbocycles. The van der Waals surface area contributed by atoms with Crippen molar-refractivity contribution in [3.05, 3.63) is 102 Å². The third-order valence-corrected chi connectivity index (χ3v) is 7.83. The number of carbonyl (C=O) groups excluding carboxylic acids is 3. The molecule has 228 valence electrons. The summed E-state index contributed by atoms with van der Waals surface area (Å²) in [4.78, 5) is 37.6. The predicted octanol–water partition coefficient (Wildman–Crippen LogP) is 9.02. The molecule has 3 rings (SSSR count). The van der Waals surface area contributed by atoms with Crippen molar-refractivity contribution in [3.63, 3.8) is 0 Å². The summed E-state index contributed by atoms with van der Waals surface area (Å²) < 4.78 is 16.1. The van der Waals surface area contributed by atoms with Crippen LogP contribution in [-0.2, 0) is 16.0 Å². The second kappa shape index (κ2) is 18.6. The van der Waals surface area contributed by atoms with Gasteiger partial charge in [-0.05, 0) is 105 Å². The van der Waals surface area contributed by atoms with Crippen molar-refractivity contribution in [3.8, 4) is 11.5 Å².